The summed E-state index contributed by atoms with van der Waals surface area (Å²) in [4.78, 5) is 14.2. The fourth-order valence-electron chi connectivity index (χ4n) is 1.75. The minimum atomic E-state index is -0.710. The van der Waals surface area contributed by atoms with Crippen LogP contribution in [0.1, 0.15) is 5.69 Å². The Balaban J connectivity index is 2.22. The topological polar surface area (TPSA) is 68.1 Å². The number of nitrogens with two attached hydrogens (primary N) is 1. The smallest absolute Gasteiger partial charge is 0.323 e. The molecule has 90 valence electrons. The van der Waals surface area contributed by atoms with Crippen LogP contribution >= 0.6 is 0 Å². The summed E-state index contributed by atoms with van der Waals surface area (Å²) in [5, 5.41) is 0.761. The molecule has 0 fully saturated rings. The van der Waals surface area contributed by atoms with Crippen molar-refractivity contribution in [2.45, 2.75) is 12.5 Å². The van der Waals surface area contributed by atoms with Gasteiger partial charge in [0.15, 0.2) is 0 Å². The number of methoxy groups -OCH3 is 1. The van der Waals surface area contributed by atoms with E-state index in [0.717, 1.165) is 16.6 Å². The summed E-state index contributed by atoms with van der Waals surface area (Å²) in [6.07, 6.45) is 0.336. The Labute approximate surface area is 97.6 Å². The largest absolute Gasteiger partial charge is 0.468 e. The Morgan fingerprint density at radius 3 is 3.00 bits per heavy atom. The molecule has 0 amide bonds. The number of carbonyl (C=O) groups is 1. The normalized spacial score (nSPS) is 12.6. The molecule has 17 heavy (non-hydrogen) atoms. The number of fused-ring (bicyclic) bond motifs is 1. The molecule has 2 rings (SSSR count). The van der Waals surface area contributed by atoms with Crippen molar-refractivity contribution in [2.24, 2.45) is 5.73 Å². The number of carbonyl (C=O) groups excluding carboxylic acids is 1. The highest BCUT2D eigenvalue weighted by atomic mass is 19.1. The number of aromatic amines is 1. The van der Waals surface area contributed by atoms with Crippen molar-refractivity contribution < 1.29 is 13.9 Å². The Hall–Kier alpha value is -1.88. The van der Waals surface area contributed by atoms with Gasteiger partial charge in [-0.3, -0.25) is 4.79 Å². The minimum absolute atomic E-state index is 0.291. The Kier molecular flexibility index (Phi) is 3.10. The van der Waals surface area contributed by atoms with Crippen molar-refractivity contribution in [3.05, 3.63) is 35.8 Å². The van der Waals surface area contributed by atoms with Crippen molar-refractivity contribution in [3.8, 4) is 0 Å². The number of H-pyrrole nitrogens is 1. The third-order valence-corrected chi connectivity index (χ3v) is 2.58. The van der Waals surface area contributed by atoms with Crippen molar-refractivity contribution in [2.75, 3.05) is 7.11 Å². The number of hydrogen-bond donors (Lipinski definition) is 2. The average Bonchev–Trinajstić information content (AvgIpc) is 2.69. The molecule has 0 aliphatic carbocycles. The summed E-state index contributed by atoms with van der Waals surface area (Å²) < 4.78 is 17.5. The van der Waals surface area contributed by atoms with Gasteiger partial charge in [-0.05, 0) is 24.3 Å². The van der Waals surface area contributed by atoms with Gasteiger partial charge in [0.05, 0.1) is 7.11 Å². The summed E-state index contributed by atoms with van der Waals surface area (Å²) in [5.41, 5.74) is 7.24. The summed E-state index contributed by atoms with van der Waals surface area (Å²) in [7, 11) is 1.29. The van der Waals surface area contributed by atoms with Gasteiger partial charge in [0.1, 0.15) is 11.9 Å². The summed E-state index contributed by atoms with van der Waals surface area (Å²) in [6, 6.07) is 5.53. The first kappa shape index (κ1) is 11.6. The maximum Gasteiger partial charge on any atom is 0.323 e. The van der Waals surface area contributed by atoms with Gasteiger partial charge in [-0.15, -0.1) is 0 Å². The lowest BCUT2D eigenvalue weighted by molar-refractivity contribution is -0.142. The number of ether oxygens (including phenoxy) is 1. The van der Waals surface area contributed by atoms with E-state index in [1.165, 1.54) is 19.2 Å². The predicted molar refractivity (Wildman–Crippen MR) is 62.0 cm³/mol. The third kappa shape index (κ3) is 2.45. The second kappa shape index (κ2) is 4.55. The molecule has 0 bridgehead atoms. The standard InChI is InChI=1S/C12H13FN2O2/c1-17-12(16)10(14)6-9-5-7-4-8(13)2-3-11(7)15-9/h2-5,10,15H,6,14H2,1H3. The Morgan fingerprint density at radius 1 is 1.53 bits per heavy atom. The number of hydrogen-bond acceptors (Lipinski definition) is 3. The molecule has 1 aromatic heterocycles. The first-order valence-corrected chi connectivity index (χ1v) is 5.20. The Bertz CT molecular complexity index is 550. The second-order valence-electron chi connectivity index (χ2n) is 3.86. The van der Waals surface area contributed by atoms with E-state index in [2.05, 4.69) is 9.72 Å². The molecule has 4 nitrogen and oxygen atoms in total. The van der Waals surface area contributed by atoms with E-state index >= 15 is 0 Å². The second-order valence-corrected chi connectivity index (χ2v) is 3.86. The molecule has 1 aromatic carbocycles. The molecule has 5 heteroatoms. The molecule has 0 aliphatic rings. The van der Waals surface area contributed by atoms with Crippen molar-refractivity contribution in [1.29, 1.82) is 0 Å². The van der Waals surface area contributed by atoms with Crippen LogP contribution in [0.15, 0.2) is 24.3 Å². The van der Waals surface area contributed by atoms with Crippen molar-refractivity contribution in [3.63, 3.8) is 0 Å². The van der Waals surface area contributed by atoms with E-state index < -0.39 is 12.0 Å². The molecule has 1 heterocycles. The van der Waals surface area contributed by atoms with Crippen LogP contribution < -0.4 is 5.73 Å². The molecular weight excluding hydrogens is 223 g/mol. The van der Waals surface area contributed by atoms with Crippen LogP contribution in [0.25, 0.3) is 10.9 Å². The quantitative estimate of drug-likeness (QED) is 0.790. The van der Waals surface area contributed by atoms with E-state index in [4.69, 9.17) is 5.73 Å². The number of nitrogens with one attached hydrogen (secondary N) is 1. The molecule has 0 aliphatic heterocycles. The zero-order valence-electron chi connectivity index (χ0n) is 9.37. The van der Waals surface area contributed by atoms with Gasteiger partial charge < -0.3 is 15.5 Å². The van der Waals surface area contributed by atoms with E-state index in [1.807, 2.05) is 0 Å². The molecule has 1 atom stereocenters. The van der Waals surface area contributed by atoms with Gasteiger partial charge in [0, 0.05) is 23.0 Å². The Morgan fingerprint density at radius 2 is 2.29 bits per heavy atom. The highest BCUT2D eigenvalue weighted by molar-refractivity contribution is 5.81. The number of rotatable bonds is 3. The predicted octanol–water partition coefficient (Wildman–Crippen LogP) is 1.35. The average molecular weight is 236 g/mol. The van der Waals surface area contributed by atoms with Crippen molar-refractivity contribution in [1.82, 2.24) is 4.98 Å². The van der Waals surface area contributed by atoms with Crippen molar-refractivity contribution >= 4 is 16.9 Å². The highest BCUT2D eigenvalue weighted by Crippen LogP contribution is 2.17. The molecular formula is C12H13FN2O2. The lowest BCUT2D eigenvalue weighted by Gasteiger charge is -2.06. The first-order valence-electron chi connectivity index (χ1n) is 5.20. The zero-order valence-corrected chi connectivity index (χ0v) is 9.37. The van der Waals surface area contributed by atoms with Crippen LogP contribution in [-0.4, -0.2) is 24.1 Å². The van der Waals surface area contributed by atoms with Crippen LogP contribution in [0, 0.1) is 5.82 Å². The number of aromatic nitrogens is 1. The summed E-state index contributed by atoms with van der Waals surface area (Å²) in [5.74, 6) is -0.754. The van der Waals surface area contributed by atoms with E-state index in [1.54, 1.807) is 12.1 Å². The SMILES string of the molecule is COC(=O)C(N)Cc1cc2cc(F)ccc2[nH]1. The summed E-state index contributed by atoms with van der Waals surface area (Å²) >= 11 is 0. The third-order valence-electron chi connectivity index (χ3n) is 2.58. The maximum absolute atomic E-state index is 13.0. The van der Waals surface area contributed by atoms with E-state index in [0.29, 0.717) is 6.42 Å². The van der Waals surface area contributed by atoms with Gasteiger partial charge in [0.2, 0.25) is 0 Å². The number of halogens is 1. The first-order chi connectivity index (χ1) is 8.10. The minimum Gasteiger partial charge on any atom is -0.468 e. The summed E-state index contributed by atoms with van der Waals surface area (Å²) in [6.45, 7) is 0. The van der Waals surface area contributed by atoms with Gasteiger partial charge in [-0.25, -0.2) is 4.39 Å². The van der Waals surface area contributed by atoms with Gasteiger partial charge in [-0.2, -0.15) is 0 Å². The maximum atomic E-state index is 13.0. The van der Waals surface area contributed by atoms with Crippen LogP contribution in [0.2, 0.25) is 0 Å². The molecule has 0 radical (unpaired) electrons. The highest BCUT2D eigenvalue weighted by Gasteiger charge is 2.15. The molecule has 2 aromatic rings. The zero-order chi connectivity index (χ0) is 12.4. The molecule has 0 saturated heterocycles. The molecule has 0 saturated carbocycles. The van der Waals surface area contributed by atoms with Gasteiger partial charge >= 0.3 is 5.97 Å². The number of esters is 1. The van der Waals surface area contributed by atoms with Gasteiger partial charge in [0.25, 0.3) is 0 Å². The van der Waals surface area contributed by atoms with E-state index in [-0.39, 0.29) is 5.82 Å². The lowest BCUT2D eigenvalue weighted by atomic mass is 10.1. The van der Waals surface area contributed by atoms with Crippen LogP contribution in [-0.2, 0) is 16.0 Å². The van der Waals surface area contributed by atoms with Crippen LogP contribution in [0.3, 0.4) is 0 Å². The fraction of sp³-hybridized carbons (Fsp3) is 0.250. The van der Waals surface area contributed by atoms with Crippen LogP contribution in [0.4, 0.5) is 4.39 Å². The van der Waals surface area contributed by atoms with Gasteiger partial charge in [-0.1, -0.05) is 0 Å². The molecule has 3 N–H and O–H groups in total. The van der Waals surface area contributed by atoms with Crippen LogP contribution in [0.5, 0.6) is 0 Å². The monoisotopic (exact) mass is 236 g/mol. The molecule has 1 unspecified atom stereocenters. The molecule has 0 spiro atoms. The number of benzene rings is 1. The fourth-order valence-corrected chi connectivity index (χ4v) is 1.75. The van der Waals surface area contributed by atoms with E-state index in [9.17, 15) is 9.18 Å². The lowest BCUT2D eigenvalue weighted by Crippen LogP contribution is -2.33.